The molecule has 3 amide bonds. The molecule has 0 bridgehead atoms. The quantitative estimate of drug-likeness (QED) is 0.253. The Hall–Kier alpha value is -4.93. The van der Waals surface area contributed by atoms with Crippen molar-refractivity contribution in [3.63, 3.8) is 0 Å². The highest BCUT2D eigenvalue weighted by atomic mass is 16.5. The topological polar surface area (TPSA) is 141 Å². The fourth-order valence-corrected chi connectivity index (χ4v) is 3.67. The zero-order valence-corrected chi connectivity index (χ0v) is 22.2. The van der Waals surface area contributed by atoms with Gasteiger partial charge in [0.2, 0.25) is 11.8 Å². The first kappa shape index (κ1) is 28.6. The normalized spacial score (nSPS) is 11.5. The summed E-state index contributed by atoms with van der Waals surface area (Å²) >= 11 is 0. The Kier molecular flexibility index (Phi) is 9.96. The minimum atomic E-state index is -0.681. The van der Waals surface area contributed by atoms with Gasteiger partial charge >= 0.3 is 5.97 Å². The van der Waals surface area contributed by atoms with Gasteiger partial charge in [0.15, 0.2) is 0 Å². The molecule has 1 atom stereocenters. The van der Waals surface area contributed by atoms with E-state index in [2.05, 4.69) is 25.8 Å². The van der Waals surface area contributed by atoms with E-state index in [4.69, 9.17) is 4.74 Å². The van der Waals surface area contributed by atoms with E-state index in [1.165, 1.54) is 7.11 Å². The Morgan fingerprint density at radius 3 is 2.49 bits per heavy atom. The Bertz CT molecular complexity index is 1380. The van der Waals surface area contributed by atoms with Crippen LogP contribution < -0.4 is 20.7 Å². The molecule has 1 aromatic heterocycles. The zero-order chi connectivity index (χ0) is 28.4. The van der Waals surface area contributed by atoms with Crippen molar-refractivity contribution in [1.82, 2.24) is 25.7 Å². The molecule has 11 heteroatoms. The van der Waals surface area contributed by atoms with Gasteiger partial charge in [-0.2, -0.15) is 5.10 Å². The van der Waals surface area contributed by atoms with Crippen LogP contribution in [0, 0.1) is 0 Å². The van der Waals surface area contributed by atoms with Crippen LogP contribution in [0.15, 0.2) is 67.0 Å². The molecule has 2 aromatic carbocycles. The lowest BCUT2D eigenvalue weighted by molar-refractivity contribution is -0.135. The van der Waals surface area contributed by atoms with Crippen LogP contribution in [-0.2, 0) is 32.7 Å². The molecule has 0 aliphatic rings. The predicted octanol–water partition coefficient (Wildman–Crippen LogP) is 2.05. The van der Waals surface area contributed by atoms with Crippen LogP contribution in [0.4, 0.5) is 0 Å². The number of nitrogens with zero attached hydrogens (tertiary/aromatic N) is 2. The van der Waals surface area contributed by atoms with Crippen molar-refractivity contribution in [2.24, 2.45) is 7.05 Å². The minimum Gasteiger partial charge on any atom is -0.497 e. The Labute approximate surface area is 226 Å². The van der Waals surface area contributed by atoms with Gasteiger partial charge in [-0.1, -0.05) is 18.2 Å². The smallest absolute Gasteiger partial charge is 0.330 e. The molecule has 0 fully saturated rings. The van der Waals surface area contributed by atoms with Crippen LogP contribution in [0.25, 0.3) is 11.1 Å². The molecule has 204 valence electrons. The van der Waals surface area contributed by atoms with E-state index in [1.807, 2.05) is 38.4 Å². The number of benzene rings is 2. The number of aromatic nitrogens is 2. The summed E-state index contributed by atoms with van der Waals surface area (Å²) in [5.41, 5.74) is 3.70. The Morgan fingerprint density at radius 1 is 1.03 bits per heavy atom. The standard InChI is InChI=1S/C28H31N5O6/c1-18(20-11-21(13-23(12-20)38-3)22-15-31-33(2)17-22)32-28(37)24-8-6-5-7-19(24)14-29-26(35)16-30-25(34)9-10-27(36)39-4/h5-13,15,17-18H,14,16H2,1-4H3,(H,29,35)(H,30,34)(H,32,37)/b10-9+/t18-/m1/s1. The molecular weight excluding hydrogens is 502 g/mol. The SMILES string of the molecule is COC(=O)/C=C/C(=O)NCC(=O)NCc1ccccc1C(=O)N[C@H](C)c1cc(OC)cc(-c2cnn(C)c2)c1. The van der Waals surface area contributed by atoms with Gasteiger partial charge < -0.3 is 25.4 Å². The summed E-state index contributed by atoms with van der Waals surface area (Å²) in [4.78, 5) is 48.2. The number of carbonyl (C=O) groups is 4. The van der Waals surface area contributed by atoms with Crippen LogP contribution in [-0.4, -0.2) is 54.2 Å². The van der Waals surface area contributed by atoms with E-state index in [0.717, 1.165) is 28.8 Å². The van der Waals surface area contributed by atoms with Gasteiger partial charge in [0, 0.05) is 43.1 Å². The summed E-state index contributed by atoms with van der Waals surface area (Å²) in [5, 5.41) is 12.3. The number of nitrogens with one attached hydrogen (secondary N) is 3. The third-order valence-corrected chi connectivity index (χ3v) is 5.78. The Balaban J connectivity index is 1.63. The second kappa shape index (κ2) is 13.6. The number of carbonyl (C=O) groups excluding carboxylic acids is 4. The van der Waals surface area contributed by atoms with Crippen molar-refractivity contribution in [1.29, 1.82) is 0 Å². The first-order valence-corrected chi connectivity index (χ1v) is 12.1. The molecular formula is C28H31N5O6. The first-order chi connectivity index (χ1) is 18.7. The number of ether oxygens (including phenoxy) is 2. The largest absolute Gasteiger partial charge is 0.497 e. The van der Waals surface area contributed by atoms with Crippen molar-refractivity contribution in [3.8, 4) is 16.9 Å². The van der Waals surface area contributed by atoms with Crippen molar-refractivity contribution >= 4 is 23.7 Å². The zero-order valence-electron chi connectivity index (χ0n) is 22.2. The van der Waals surface area contributed by atoms with E-state index in [0.29, 0.717) is 16.9 Å². The maximum Gasteiger partial charge on any atom is 0.330 e. The molecule has 0 radical (unpaired) electrons. The van der Waals surface area contributed by atoms with Gasteiger partial charge in [0.1, 0.15) is 5.75 Å². The molecule has 39 heavy (non-hydrogen) atoms. The van der Waals surface area contributed by atoms with E-state index in [1.54, 1.807) is 42.3 Å². The molecule has 0 spiro atoms. The number of hydrogen-bond acceptors (Lipinski definition) is 7. The van der Waals surface area contributed by atoms with Crippen molar-refractivity contribution in [2.75, 3.05) is 20.8 Å². The summed E-state index contributed by atoms with van der Waals surface area (Å²) in [6.45, 7) is 1.65. The van der Waals surface area contributed by atoms with Gasteiger partial charge in [-0.25, -0.2) is 4.79 Å². The molecule has 3 aromatic rings. The maximum absolute atomic E-state index is 13.2. The molecule has 11 nitrogen and oxygen atoms in total. The molecule has 0 saturated heterocycles. The van der Waals surface area contributed by atoms with E-state index < -0.39 is 17.8 Å². The van der Waals surface area contributed by atoms with Crippen molar-refractivity contribution in [3.05, 3.63) is 83.7 Å². The summed E-state index contributed by atoms with van der Waals surface area (Å²) < 4.78 is 11.6. The molecule has 1 heterocycles. The minimum absolute atomic E-state index is 0.0784. The number of aryl methyl sites for hydroxylation is 1. The lowest BCUT2D eigenvalue weighted by Gasteiger charge is -2.18. The monoisotopic (exact) mass is 533 g/mol. The Morgan fingerprint density at radius 2 is 1.79 bits per heavy atom. The van der Waals surface area contributed by atoms with Crippen molar-refractivity contribution < 1.29 is 28.7 Å². The second-order valence-corrected chi connectivity index (χ2v) is 8.60. The summed E-state index contributed by atoms with van der Waals surface area (Å²) in [6.07, 6.45) is 5.59. The van der Waals surface area contributed by atoms with Gasteiger partial charge in [0.25, 0.3) is 5.91 Å². The molecule has 0 aliphatic carbocycles. The molecule has 3 N–H and O–H groups in total. The highest BCUT2D eigenvalue weighted by molar-refractivity contribution is 5.97. The second-order valence-electron chi connectivity index (χ2n) is 8.60. The first-order valence-electron chi connectivity index (χ1n) is 12.1. The summed E-state index contributed by atoms with van der Waals surface area (Å²) in [6, 6.07) is 12.3. The fourth-order valence-electron chi connectivity index (χ4n) is 3.67. The number of amides is 3. The highest BCUT2D eigenvalue weighted by Crippen LogP contribution is 2.29. The van der Waals surface area contributed by atoms with Crippen LogP contribution in [0.2, 0.25) is 0 Å². The number of methoxy groups -OCH3 is 2. The lowest BCUT2D eigenvalue weighted by Crippen LogP contribution is -2.36. The molecule has 0 unspecified atom stereocenters. The van der Waals surface area contributed by atoms with Crippen LogP contribution >= 0.6 is 0 Å². The van der Waals surface area contributed by atoms with Gasteiger partial charge in [-0.15, -0.1) is 0 Å². The predicted molar refractivity (Wildman–Crippen MR) is 144 cm³/mol. The summed E-state index contributed by atoms with van der Waals surface area (Å²) in [7, 11) is 4.62. The van der Waals surface area contributed by atoms with Crippen LogP contribution in [0.5, 0.6) is 5.75 Å². The number of esters is 1. The van der Waals surface area contributed by atoms with Crippen LogP contribution in [0.1, 0.15) is 34.5 Å². The lowest BCUT2D eigenvalue weighted by atomic mass is 10.0. The molecule has 0 saturated carbocycles. The number of hydrogen-bond donors (Lipinski definition) is 3. The van der Waals surface area contributed by atoms with Crippen LogP contribution in [0.3, 0.4) is 0 Å². The molecule has 0 aliphatic heterocycles. The van der Waals surface area contributed by atoms with Gasteiger partial charge in [-0.05, 0) is 47.9 Å². The average molecular weight is 534 g/mol. The van der Waals surface area contributed by atoms with Gasteiger partial charge in [-0.3, -0.25) is 19.1 Å². The van der Waals surface area contributed by atoms with Crippen molar-refractivity contribution in [2.45, 2.75) is 19.5 Å². The third kappa shape index (κ3) is 8.29. The highest BCUT2D eigenvalue weighted by Gasteiger charge is 2.17. The average Bonchev–Trinajstić information content (AvgIpc) is 3.39. The van der Waals surface area contributed by atoms with E-state index in [-0.39, 0.29) is 25.0 Å². The fraction of sp³-hybridized carbons (Fsp3) is 0.250. The molecule has 3 rings (SSSR count). The third-order valence-electron chi connectivity index (χ3n) is 5.78. The number of rotatable bonds is 11. The van der Waals surface area contributed by atoms with E-state index in [9.17, 15) is 19.2 Å². The maximum atomic E-state index is 13.2. The van der Waals surface area contributed by atoms with E-state index >= 15 is 0 Å². The summed E-state index contributed by atoms with van der Waals surface area (Å²) in [5.74, 6) is -1.41. The van der Waals surface area contributed by atoms with Gasteiger partial charge in [0.05, 0.1) is 33.0 Å².